The maximum Gasteiger partial charge on any atom is 0.140 e. The molecule has 2 aliphatic rings. The van der Waals surface area contributed by atoms with E-state index in [-0.39, 0.29) is 0 Å². The third-order valence-corrected chi connectivity index (χ3v) is 4.52. The molecule has 2 atom stereocenters. The van der Waals surface area contributed by atoms with Crippen LogP contribution in [0.3, 0.4) is 0 Å². The van der Waals surface area contributed by atoms with Gasteiger partial charge < -0.3 is 0 Å². The maximum absolute atomic E-state index is 12.1. The molecule has 2 saturated carbocycles. The Kier molecular flexibility index (Phi) is 2.62. The average Bonchev–Trinajstić information content (AvgIpc) is 2.89. The molecule has 2 unspecified atom stereocenters. The van der Waals surface area contributed by atoms with Gasteiger partial charge in [-0.2, -0.15) is 0 Å². The van der Waals surface area contributed by atoms with Crippen LogP contribution in [-0.2, 0) is 11.2 Å². The highest BCUT2D eigenvalue weighted by molar-refractivity contribution is 9.10. The van der Waals surface area contributed by atoms with Crippen LogP contribution in [0.2, 0.25) is 0 Å². The van der Waals surface area contributed by atoms with E-state index in [0.717, 1.165) is 21.9 Å². The second kappa shape index (κ2) is 3.99. The predicted molar refractivity (Wildman–Crippen MR) is 67.2 cm³/mol. The average molecular weight is 279 g/mol. The Bertz CT molecular complexity index is 399. The molecule has 3 rings (SSSR count). The van der Waals surface area contributed by atoms with E-state index < -0.39 is 0 Å². The molecule has 0 heterocycles. The zero-order valence-electron chi connectivity index (χ0n) is 9.16. The molecule has 1 aromatic rings. The van der Waals surface area contributed by atoms with Crippen molar-refractivity contribution in [3.8, 4) is 0 Å². The SMILES string of the molecule is O=C(Cc1ccc(Br)cc1)C1CC2CC2C1. The van der Waals surface area contributed by atoms with Crippen LogP contribution >= 0.6 is 15.9 Å². The Morgan fingerprint density at radius 3 is 2.38 bits per heavy atom. The second-order valence-corrected chi connectivity index (χ2v) is 6.11. The second-order valence-electron chi connectivity index (χ2n) is 5.19. The van der Waals surface area contributed by atoms with Crippen molar-refractivity contribution >= 4 is 21.7 Å². The fourth-order valence-electron chi connectivity index (χ4n) is 2.93. The highest BCUT2D eigenvalue weighted by atomic mass is 79.9. The van der Waals surface area contributed by atoms with Gasteiger partial charge in [-0.05, 0) is 48.8 Å². The first-order chi connectivity index (χ1) is 7.72. The van der Waals surface area contributed by atoms with Crippen molar-refractivity contribution in [2.24, 2.45) is 17.8 Å². The fourth-order valence-corrected chi connectivity index (χ4v) is 3.19. The fraction of sp³-hybridized carbons (Fsp3) is 0.500. The van der Waals surface area contributed by atoms with E-state index in [1.165, 1.54) is 19.3 Å². The van der Waals surface area contributed by atoms with E-state index in [9.17, 15) is 4.79 Å². The highest BCUT2D eigenvalue weighted by Gasteiger charge is 2.47. The van der Waals surface area contributed by atoms with Crippen LogP contribution < -0.4 is 0 Å². The van der Waals surface area contributed by atoms with Gasteiger partial charge in [0.15, 0.2) is 0 Å². The van der Waals surface area contributed by atoms with Gasteiger partial charge in [0.1, 0.15) is 5.78 Å². The minimum absolute atomic E-state index is 0.368. The summed E-state index contributed by atoms with van der Waals surface area (Å²) in [5, 5.41) is 0. The molecule has 0 saturated heterocycles. The van der Waals surface area contributed by atoms with E-state index in [4.69, 9.17) is 0 Å². The Morgan fingerprint density at radius 2 is 1.75 bits per heavy atom. The highest BCUT2D eigenvalue weighted by Crippen LogP contribution is 2.54. The Hall–Kier alpha value is -0.630. The molecule has 0 radical (unpaired) electrons. The molecule has 0 N–H and O–H groups in total. The molecule has 2 heteroatoms. The lowest BCUT2D eigenvalue weighted by Crippen LogP contribution is -2.15. The number of Topliss-reactive ketones (excluding diaryl/α,β-unsaturated/α-hetero) is 1. The van der Waals surface area contributed by atoms with E-state index in [0.29, 0.717) is 18.1 Å². The number of fused-ring (bicyclic) bond motifs is 1. The van der Waals surface area contributed by atoms with Crippen LogP contribution in [-0.4, -0.2) is 5.78 Å². The summed E-state index contributed by atoms with van der Waals surface area (Å²) in [5.41, 5.74) is 1.15. The molecule has 0 bridgehead atoms. The summed E-state index contributed by atoms with van der Waals surface area (Å²) in [6.45, 7) is 0. The zero-order chi connectivity index (χ0) is 11.1. The Labute approximate surface area is 104 Å². The molecular weight excluding hydrogens is 264 g/mol. The summed E-state index contributed by atoms with van der Waals surface area (Å²) < 4.78 is 1.07. The molecule has 0 amide bonds. The summed E-state index contributed by atoms with van der Waals surface area (Å²) >= 11 is 3.41. The summed E-state index contributed by atoms with van der Waals surface area (Å²) in [5.74, 6) is 2.62. The van der Waals surface area contributed by atoms with Gasteiger partial charge >= 0.3 is 0 Å². The molecule has 2 aliphatic carbocycles. The van der Waals surface area contributed by atoms with Gasteiger partial charge in [0.25, 0.3) is 0 Å². The summed E-state index contributed by atoms with van der Waals surface area (Å²) in [4.78, 5) is 12.1. The van der Waals surface area contributed by atoms with Crippen molar-refractivity contribution in [2.45, 2.75) is 25.7 Å². The van der Waals surface area contributed by atoms with Crippen LogP contribution in [0.4, 0.5) is 0 Å². The lowest BCUT2D eigenvalue weighted by molar-refractivity contribution is -0.122. The Balaban J connectivity index is 1.61. The van der Waals surface area contributed by atoms with E-state index in [1.807, 2.05) is 24.3 Å². The third kappa shape index (κ3) is 2.08. The number of carbonyl (C=O) groups is 1. The quantitative estimate of drug-likeness (QED) is 0.826. The van der Waals surface area contributed by atoms with E-state index in [1.54, 1.807) is 0 Å². The summed E-state index contributed by atoms with van der Waals surface area (Å²) in [6, 6.07) is 8.10. The maximum atomic E-state index is 12.1. The summed E-state index contributed by atoms with van der Waals surface area (Å²) in [7, 11) is 0. The van der Waals surface area contributed by atoms with Gasteiger partial charge in [-0.15, -0.1) is 0 Å². The lowest BCUT2D eigenvalue weighted by atomic mass is 9.94. The smallest absolute Gasteiger partial charge is 0.140 e. The third-order valence-electron chi connectivity index (χ3n) is 3.99. The number of rotatable bonds is 3. The van der Waals surface area contributed by atoms with Gasteiger partial charge in [-0.3, -0.25) is 4.79 Å². The van der Waals surface area contributed by atoms with Crippen molar-refractivity contribution < 1.29 is 4.79 Å². The van der Waals surface area contributed by atoms with Crippen molar-refractivity contribution in [1.82, 2.24) is 0 Å². The number of hydrogen-bond donors (Lipinski definition) is 0. The minimum atomic E-state index is 0.368. The van der Waals surface area contributed by atoms with Crippen LogP contribution in [0.15, 0.2) is 28.7 Å². The van der Waals surface area contributed by atoms with Crippen LogP contribution in [0.25, 0.3) is 0 Å². The van der Waals surface area contributed by atoms with Gasteiger partial charge in [-0.25, -0.2) is 0 Å². The van der Waals surface area contributed by atoms with Crippen LogP contribution in [0.5, 0.6) is 0 Å². The van der Waals surface area contributed by atoms with Crippen molar-refractivity contribution in [1.29, 1.82) is 0 Å². The first-order valence-corrected chi connectivity index (χ1v) is 6.79. The number of halogens is 1. The van der Waals surface area contributed by atoms with Crippen LogP contribution in [0.1, 0.15) is 24.8 Å². The normalized spacial score (nSPS) is 31.2. The van der Waals surface area contributed by atoms with Crippen LogP contribution in [0, 0.1) is 17.8 Å². The topological polar surface area (TPSA) is 17.1 Å². The van der Waals surface area contributed by atoms with Crippen molar-refractivity contribution in [2.75, 3.05) is 0 Å². The summed E-state index contributed by atoms with van der Waals surface area (Å²) in [6.07, 6.45) is 4.35. The number of benzene rings is 1. The standard InChI is InChI=1S/C14H15BrO/c15-13-3-1-9(2-4-13)5-14(16)12-7-10-6-11(10)8-12/h1-4,10-12H,5-8H2. The minimum Gasteiger partial charge on any atom is -0.299 e. The number of carbonyl (C=O) groups excluding carboxylic acids is 1. The van der Waals surface area contributed by atoms with Crippen molar-refractivity contribution in [3.05, 3.63) is 34.3 Å². The molecule has 1 nitrogen and oxygen atoms in total. The first kappa shape index (κ1) is 10.5. The van der Waals surface area contributed by atoms with Gasteiger partial charge in [0, 0.05) is 16.8 Å². The largest absolute Gasteiger partial charge is 0.299 e. The molecule has 2 fully saturated rings. The van der Waals surface area contributed by atoms with E-state index in [2.05, 4.69) is 15.9 Å². The molecule has 0 aliphatic heterocycles. The van der Waals surface area contributed by atoms with Gasteiger partial charge in [0.2, 0.25) is 0 Å². The predicted octanol–water partition coefficient (Wildman–Crippen LogP) is 3.61. The van der Waals surface area contributed by atoms with Crippen molar-refractivity contribution in [3.63, 3.8) is 0 Å². The molecular formula is C14H15BrO. The van der Waals surface area contributed by atoms with Gasteiger partial charge in [-0.1, -0.05) is 28.1 Å². The monoisotopic (exact) mass is 278 g/mol. The zero-order valence-corrected chi connectivity index (χ0v) is 10.7. The number of ketones is 1. The lowest BCUT2D eigenvalue weighted by Gasteiger charge is -2.10. The first-order valence-electron chi connectivity index (χ1n) is 5.99. The molecule has 84 valence electrons. The van der Waals surface area contributed by atoms with Gasteiger partial charge in [0.05, 0.1) is 0 Å². The Morgan fingerprint density at radius 1 is 1.12 bits per heavy atom. The van der Waals surface area contributed by atoms with E-state index >= 15 is 0 Å². The number of hydrogen-bond acceptors (Lipinski definition) is 1. The molecule has 0 spiro atoms. The molecule has 16 heavy (non-hydrogen) atoms. The molecule has 1 aromatic carbocycles. The molecule has 0 aromatic heterocycles.